The predicted molar refractivity (Wildman–Crippen MR) is 75.6 cm³/mol. The van der Waals surface area contributed by atoms with Crippen LogP contribution in [0.25, 0.3) is 0 Å². The molecular formula is C14H18ClNO2S. The zero-order valence-electron chi connectivity index (χ0n) is 10.8. The van der Waals surface area contributed by atoms with Crippen LogP contribution in [0.1, 0.15) is 24.8 Å². The number of hydrogen-bond donors (Lipinski definition) is 0. The standard InChI is InChI=1S/C14H18ClNO2S/c15-8-11-4-1-2-7-14(11)19(17,18)16-9-12-5-3-6-13(12)10-16/h1-2,4,7,12-13H,3,5-6,8-10H2. The molecule has 2 aliphatic rings. The summed E-state index contributed by atoms with van der Waals surface area (Å²) in [6.45, 7) is 1.37. The van der Waals surface area contributed by atoms with Crippen molar-refractivity contribution in [3.8, 4) is 0 Å². The van der Waals surface area contributed by atoms with Gasteiger partial charge in [-0.1, -0.05) is 24.6 Å². The molecule has 0 bridgehead atoms. The minimum atomic E-state index is -3.37. The van der Waals surface area contributed by atoms with Crippen LogP contribution in [-0.2, 0) is 15.9 Å². The summed E-state index contributed by atoms with van der Waals surface area (Å²) in [5, 5.41) is 0. The first-order valence-corrected chi connectivity index (χ1v) is 8.74. The number of fused-ring (bicyclic) bond motifs is 1. The zero-order valence-corrected chi connectivity index (χ0v) is 12.3. The molecule has 3 nitrogen and oxygen atoms in total. The van der Waals surface area contributed by atoms with Crippen molar-refractivity contribution >= 4 is 21.6 Å². The fraction of sp³-hybridized carbons (Fsp3) is 0.571. The van der Waals surface area contributed by atoms with Gasteiger partial charge in [-0.2, -0.15) is 4.31 Å². The molecule has 19 heavy (non-hydrogen) atoms. The van der Waals surface area contributed by atoms with Crippen LogP contribution in [0.4, 0.5) is 0 Å². The number of alkyl halides is 1. The highest BCUT2D eigenvalue weighted by atomic mass is 35.5. The molecule has 5 heteroatoms. The third-order valence-corrected chi connectivity index (χ3v) is 6.65. The number of sulfonamides is 1. The molecule has 1 saturated heterocycles. The van der Waals surface area contributed by atoms with Gasteiger partial charge >= 0.3 is 0 Å². The molecule has 1 saturated carbocycles. The quantitative estimate of drug-likeness (QED) is 0.805. The molecule has 0 amide bonds. The van der Waals surface area contributed by atoms with E-state index in [1.54, 1.807) is 22.5 Å². The normalized spacial score (nSPS) is 27.6. The summed E-state index contributed by atoms with van der Waals surface area (Å²) in [5.74, 6) is 1.37. The molecule has 104 valence electrons. The molecule has 1 aliphatic carbocycles. The van der Waals surface area contributed by atoms with Gasteiger partial charge < -0.3 is 0 Å². The Kier molecular flexibility index (Phi) is 3.58. The second-order valence-electron chi connectivity index (χ2n) is 5.51. The summed E-state index contributed by atoms with van der Waals surface area (Å²) in [4.78, 5) is 0.380. The van der Waals surface area contributed by atoms with Crippen molar-refractivity contribution in [2.75, 3.05) is 13.1 Å². The van der Waals surface area contributed by atoms with Gasteiger partial charge in [0.1, 0.15) is 0 Å². The monoisotopic (exact) mass is 299 g/mol. The molecule has 0 aromatic heterocycles. The van der Waals surface area contributed by atoms with Crippen LogP contribution >= 0.6 is 11.6 Å². The molecule has 0 N–H and O–H groups in total. The molecule has 2 atom stereocenters. The Morgan fingerprint density at radius 2 is 1.79 bits per heavy atom. The van der Waals surface area contributed by atoms with Crippen molar-refractivity contribution < 1.29 is 8.42 Å². The summed E-state index contributed by atoms with van der Waals surface area (Å²) in [6.07, 6.45) is 3.60. The lowest BCUT2D eigenvalue weighted by Crippen LogP contribution is -2.30. The zero-order chi connectivity index (χ0) is 13.5. The van der Waals surface area contributed by atoms with Crippen LogP contribution in [0.15, 0.2) is 29.2 Å². The van der Waals surface area contributed by atoms with Gasteiger partial charge in [0.2, 0.25) is 10.0 Å². The van der Waals surface area contributed by atoms with Crippen molar-refractivity contribution in [3.05, 3.63) is 29.8 Å². The van der Waals surface area contributed by atoms with E-state index in [1.807, 2.05) is 6.07 Å². The van der Waals surface area contributed by atoms with Crippen molar-refractivity contribution in [1.82, 2.24) is 4.31 Å². The van der Waals surface area contributed by atoms with Crippen molar-refractivity contribution in [2.24, 2.45) is 11.8 Å². The van der Waals surface area contributed by atoms with Gasteiger partial charge in [0.15, 0.2) is 0 Å². The van der Waals surface area contributed by atoms with Crippen molar-refractivity contribution in [2.45, 2.75) is 30.0 Å². The molecule has 2 fully saturated rings. The fourth-order valence-corrected chi connectivity index (χ4v) is 5.48. The molecule has 0 spiro atoms. The Bertz CT molecular complexity index is 561. The number of hydrogen-bond acceptors (Lipinski definition) is 2. The van der Waals surface area contributed by atoms with Crippen molar-refractivity contribution in [3.63, 3.8) is 0 Å². The highest BCUT2D eigenvalue weighted by Crippen LogP contribution is 2.40. The van der Waals surface area contributed by atoms with Crippen LogP contribution in [0, 0.1) is 11.8 Å². The number of benzene rings is 1. The second kappa shape index (κ2) is 5.08. The third kappa shape index (κ3) is 2.30. The molecular weight excluding hydrogens is 282 g/mol. The Labute approximate surface area is 119 Å². The average molecular weight is 300 g/mol. The molecule has 2 unspecified atom stereocenters. The first kappa shape index (κ1) is 13.4. The van der Waals surface area contributed by atoms with Gasteiger partial charge in [-0.3, -0.25) is 0 Å². The van der Waals surface area contributed by atoms with E-state index >= 15 is 0 Å². The predicted octanol–water partition coefficient (Wildman–Crippen LogP) is 2.85. The Hall–Kier alpha value is -0.580. The van der Waals surface area contributed by atoms with Gasteiger partial charge in [-0.05, 0) is 36.3 Å². The highest BCUT2D eigenvalue weighted by Gasteiger charge is 2.41. The molecule has 1 aromatic rings. The first-order valence-electron chi connectivity index (χ1n) is 6.77. The van der Waals surface area contributed by atoms with Gasteiger partial charge in [0, 0.05) is 19.0 Å². The van der Waals surface area contributed by atoms with E-state index in [-0.39, 0.29) is 5.88 Å². The van der Waals surface area contributed by atoms with E-state index in [9.17, 15) is 8.42 Å². The SMILES string of the molecule is O=S(=O)(c1ccccc1CCl)N1CC2CCCC2C1. The largest absolute Gasteiger partial charge is 0.243 e. The topological polar surface area (TPSA) is 37.4 Å². The van der Waals surface area contributed by atoms with E-state index < -0.39 is 10.0 Å². The Balaban J connectivity index is 1.91. The minimum absolute atomic E-state index is 0.232. The van der Waals surface area contributed by atoms with Crippen LogP contribution in [0.3, 0.4) is 0 Å². The maximum absolute atomic E-state index is 12.7. The summed E-state index contributed by atoms with van der Waals surface area (Å²) in [7, 11) is -3.37. The summed E-state index contributed by atoms with van der Waals surface area (Å²) >= 11 is 5.86. The Morgan fingerprint density at radius 3 is 2.42 bits per heavy atom. The lowest BCUT2D eigenvalue weighted by atomic mass is 10.0. The van der Waals surface area contributed by atoms with E-state index in [0.717, 1.165) is 0 Å². The molecule has 1 aromatic carbocycles. The number of halogens is 1. The van der Waals surface area contributed by atoms with Crippen LogP contribution < -0.4 is 0 Å². The van der Waals surface area contributed by atoms with Gasteiger partial charge in [-0.25, -0.2) is 8.42 Å². The van der Waals surface area contributed by atoms with E-state index in [4.69, 9.17) is 11.6 Å². The lowest BCUT2D eigenvalue weighted by Gasteiger charge is -2.19. The van der Waals surface area contributed by atoms with E-state index in [1.165, 1.54) is 19.3 Å². The van der Waals surface area contributed by atoms with Crippen LogP contribution in [-0.4, -0.2) is 25.8 Å². The number of nitrogens with zero attached hydrogens (tertiary/aromatic N) is 1. The van der Waals surface area contributed by atoms with Crippen molar-refractivity contribution in [1.29, 1.82) is 0 Å². The summed E-state index contributed by atoms with van der Waals surface area (Å²) in [5.41, 5.74) is 0.696. The van der Waals surface area contributed by atoms with Gasteiger partial charge in [0.25, 0.3) is 0 Å². The van der Waals surface area contributed by atoms with Gasteiger partial charge in [-0.15, -0.1) is 11.6 Å². The van der Waals surface area contributed by atoms with E-state index in [0.29, 0.717) is 35.4 Å². The Morgan fingerprint density at radius 1 is 1.16 bits per heavy atom. The molecule has 0 radical (unpaired) electrons. The molecule has 1 aliphatic heterocycles. The second-order valence-corrected chi connectivity index (χ2v) is 7.69. The molecule has 1 heterocycles. The molecule has 3 rings (SSSR count). The fourth-order valence-electron chi connectivity index (χ4n) is 3.39. The maximum atomic E-state index is 12.7. The number of rotatable bonds is 3. The lowest BCUT2D eigenvalue weighted by molar-refractivity contribution is 0.445. The third-order valence-electron chi connectivity index (χ3n) is 4.43. The van der Waals surface area contributed by atoms with E-state index in [2.05, 4.69) is 0 Å². The summed E-state index contributed by atoms with van der Waals surface area (Å²) < 4.78 is 27.1. The average Bonchev–Trinajstić information content (AvgIpc) is 2.99. The van der Waals surface area contributed by atoms with Gasteiger partial charge in [0.05, 0.1) is 4.90 Å². The van der Waals surface area contributed by atoms with Crippen LogP contribution in [0.2, 0.25) is 0 Å². The first-order chi connectivity index (χ1) is 9.13. The van der Waals surface area contributed by atoms with Crippen LogP contribution in [0.5, 0.6) is 0 Å². The smallest absolute Gasteiger partial charge is 0.207 e. The highest BCUT2D eigenvalue weighted by molar-refractivity contribution is 7.89. The maximum Gasteiger partial charge on any atom is 0.243 e. The minimum Gasteiger partial charge on any atom is -0.207 e. The summed E-state index contributed by atoms with van der Waals surface area (Å²) in [6, 6.07) is 7.05.